The summed E-state index contributed by atoms with van der Waals surface area (Å²) in [6.45, 7) is 3.58. The highest BCUT2D eigenvalue weighted by Gasteiger charge is 2.31. The largest absolute Gasteiger partial charge is 0.462 e. The number of aromatic nitrogens is 1. The second-order valence-corrected chi connectivity index (χ2v) is 10.1. The summed E-state index contributed by atoms with van der Waals surface area (Å²) in [4.78, 5) is 28.2. The van der Waals surface area contributed by atoms with Crippen LogP contribution in [0.3, 0.4) is 0 Å². The van der Waals surface area contributed by atoms with E-state index in [4.69, 9.17) is 29.2 Å². The Hall–Kier alpha value is -2.96. The maximum Gasteiger partial charge on any atom is 0.343 e. The lowest BCUT2D eigenvalue weighted by Gasteiger charge is -2.27. The fourth-order valence-electron chi connectivity index (χ4n) is 4.86. The van der Waals surface area contributed by atoms with Gasteiger partial charge in [-0.25, -0.2) is 9.18 Å². The number of pyridine rings is 1. The van der Waals surface area contributed by atoms with Crippen molar-refractivity contribution in [2.75, 3.05) is 24.6 Å². The Labute approximate surface area is 210 Å². The molecule has 35 heavy (non-hydrogen) atoms. The average Bonchev–Trinajstić information content (AvgIpc) is 3.67. The molecule has 184 valence electrons. The smallest absolute Gasteiger partial charge is 0.343 e. The summed E-state index contributed by atoms with van der Waals surface area (Å²) in [5.74, 6) is 3.95. The Bertz CT molecular complexity index is 1250. The van der Waals surface area contributed by atoms with Gasteiger partial charge in [-0.05, 0) is 37.7 Å². The molecule has 2 fully saturated rings. The number of hydrogen-bond acceptors (Lipinski definition) is 4. The molecule has 4 rings (SSSR count). The molecule has 1 saturated carbocycles. The van der Waals surface area contributed by atoms with E-state index in [9.17, 15) is 9.59 Å². The predicted molar refractivity (Wildman–Crippen MR) is 137 cm³/mol. The molecule has 1 aliphatic carbocycles. The van der Waals surface area contributed by atoms with Gasteiger partial charge in [-0.2, -0.15) is 0 Å². The van der Waals surface area contributed by atoms with Gasteiger partial charge in [0.1, 0.15) is 11.4 Å². The zero-order chi connectivity index (χ0) is 25.1. The summed E-state index contributed by atoms with van der Waals surface area (Å²) in [6, 6.07) is 1.32. The van der Waals surface area contributed by atoms with Crippen LogP contribution in [0, 0.1) is 42.3 Å². The minimum Gasteiger partial charge on any atom is -0.462 e. The number of carbonyl (C=O) groups is 1. The zero-order valence-corrected chi connectivity index (χ0v) is 20.7. The molecule has 0 radical (unpaired) electrons. The molecule has 1 aromatic heterocycles. The number of anilines is 1. The number of ether oxygens (including phenoxy) is 1. The van der Waals surface area contributed by atoms with Crippen LogP contribution in [0.1, 0.15) is 68.3 Å². The minimum absolute atomic E-state index is 0.00926. The topological polar surface area (TPSA) is 51.5 Å². The van der Waals surface area contributed by atoms with Crippen molar-refractivity contribution in [3.05, 3.63) is 38.9 Å². The lowest BCUT2D eigenvalue weighted by Crippen LogP contribution is -2.29. The molecule has 2 aromatic rings. The van der Waals surface area contributed by atoms with Crippen molar-refractivity contribution in [1.29, 1.82) is 0 Å². The second kappa shape index (κ2) is 10.8. The van der Waals surface area contributed by atoms with Crippen LogP contribution in [-0.2, 0) is 4.74 Å². The molecule has 0 N–H and O–H groups in total. The van der Waals surface area contributed by atoms with Crippen molar-refractivity contribution in [1.82, 2.24) is 4.57 Å². The van der Waals surface area contributed by atoms with E-state index in [1.807, 2.05) is 9.47 Å². The van der Waals surface area contributed by atoms with Crippen molar-refractivity contribution >= 4 is 34.2 Å². The second-order valence-electron chi connectivity index (χ2n) is 9.76. The monoisotopic (exact) mass is 496 g/mol. The highest BCUT2D eigenvalue weighted by molar-refractivity contribution is 6.38. The Balaban J connectivity index is 1.76. The molecule has 0 amide bonds. The Kier molecular flexibility index (Phi) is 7.72. The molecule has 2 heterocycles. The van der Waals surface area contributed by atoms with Crippen LogP contribution in [0.4, 0.5) is 10.1 Å². The third-order valence-electron chi connectivity index (χ3n) is 6.83. The number of halogens is 2. The molecular formula is C28H30ClFN2O3. The third-order valence-corrected chi connectivity index (χ3v) is 7.19. The predicted octanol–water partition coefficient (Wildman–Crippen LogP) is 5.57. The number of esters is 1. The number of nitrogens with zero attached hydrogens (tertiary/aromatic N) is 2. The molecular weight excluding hydrogens is 467 g/mol. The summed E-state index contributed by atoms with van der Waals surface area (Å²) in [7, 11) is 0. The fraction of sp³-hybridized carbons (Fsp3) is 0.500. The molecule has 0 unspecified atom stereocenters. The number of terminal acetylenes is 2. The number of fused-ring (bicyclic) bond motifs is 1. The first kappa shape index (κ1) is 25.1. The van der Waals surface area contributed by atoms with Crippen LogP contribution in [0.15, 0.2) is 17.1 Å². The summed E-state index contributed by atoms with van der Waals surface area (Å²) in [6.07, 6.45) is 17.9. The van der Waals surface area contributed by atoms with Gasteiger partial charge in [-0.3, -0.25) is 4.79 Å². The molecule has 1 saturated heterocycles. The van der Waals surface area contributed by atoms with Gasteiger partial charge in [0.05, 0.1) is 28.2 Å². The molecule has 1 aromatic carbocycles. The van der Waals surface area contributed by atoms with Crippen LogP contribution in [0.5, 0.6) is 0 Å². The first-order chi connectivity index (χ1) is 16.8. The van der Waals surface area contributed by atoms with E-state index in [0.29, 0.717) is 43.1 Å². The molecule has 1 atom stereocenters. The van der Waals surface area contributed by atoms with E-state index in [2.05, 4.69) is 18.8 Å². The first-order valence-corrected chi connectivity index (χ1v) is 12.6. The summed E-state index contributed by atoms with van der Waals surface area (Å²) < 4.78 is 22.7. The minimum atomic E-state index is -0.771. The van der Waals surface area contributed by atoms with Crippen molar-refractivity contribution in [2.45, 2.75) is 57.9 Å². The van der Waals surface area contributed by atoms with E-state index in [1.54, 1.807) is 0 Å². The quantitative estimate of drug-likeness (QED) is 0.371. The van der Waals surface area contributed by atoms with E-state index in [1.165, 1.54) is 12.3 Å². The molecule has 0 spiro atoms. The van der Waals surface area contributed by atoms with Gasteiger partial charge in [0.15, 0.2) is 0 Å². The van der Waals surface area contributed by atoms with Gasteiger partial charge >= 0.3 is 5.97 Å². The Morgan fingerprint density at radius 3 is 2.63 bits per heavy atom. The van der Waals surface area contributed by atoms with Crippen LogP contribution in [0.25, 0.3) is 10.9 Å². The maximum atomic E-state index is 15.5. The fourth-order valence-corrected chi connectivity index (χ4v) is 5.27. The van der Waals surface area contributed by atoms with Gasteiger partial charge in [-0.15, -0.1) is 24.7 Å². The number of carbonyl (C=O) groups excluding carboxylic acids is 1. The Morgan fingerprint density at radius 1 is 1.26 bits per heavy atom. The highest BCUT2D eigenvalue weighted by atomic mass is 35.5. The van der Waals surface area contributed by atoms with E-state index >= 15 is 4.39 Å². The summed E-state index contributed by atoms with van der Waals surface area (Å²) >= 11 is 6.84. The van der Waals surface area contributed by atoms with Crippen molar-refractivity contribution in [2.24, 2.45) is 11.8 Å². The van der Waals surface area contributed by atoms with Gasteiger partial charge in [-0.1, -0.05) is 24.9 Å². The SMILES string of the molecule is C#CCC(CC#C)COC(=O)c1cn(C2CC2)c2c(Cl)c(N3CCCC[C@@H](C)C3)c(F)cc2c1=O. The van der Waals surface area contributed by atoms with E-state index in [-0.39, 0.29) is 34.5 Å². The standard InChI is InChI=1S/C28H30ClFN2O3/c1-4-8-19(9-5-2)17-35-28(34)22-16-32(20-11-12-20)25-21(27(22)33)14-23(30)26(24(25)29)31-13-7-6-10-18(3)15-31/h1-2,14,16,18-20H,6-13,15,17H2,3H3/t18-/m1/s1. The lowest BCUT2D eigenvalue weighted by molar-refractivity contribution is 0.0442. The number of benzene rings is 1. The molecule has 0 bridgehead atoms. The Morgan fingerprint density at radius 2 is 1.97 bits per heavy atom. The van der Waals surface area contributed by atoms with Gasteiger partial charge in [0, 0.05) is 44.1 Å². The van der Waals surface area contributed by atoms with Crippen LogP contribution < -0.4 is 10.3 Å². The van der Waals surface area contributed by atoms with E-state index < -0.39 is 17.2 Å². The number of hydrogen-bond donors (Lipinski definition) is 0. The normalized spacial score (nSPS) is 18.2. The van der Waals surface area contributed by atoms with Crippen LogP contribution in [0.2, 0.25) is 5.02 Å². The first-order valence-electron chi connectivity index (χ1n) is 12.2. The summed E-state index contributed by atoms with van der Waals surface area (Å²) in [5.41, 5.74) is 0.0742. The van der Waals surface area contributed by atoms with Gasteiger partial charge in [0.25, 0.3) is 0 Å². The van der Waals surface area contributed by atoms with Crippen molar-refractivity contribution in [3.8, 4) is 24.7 Å². The molecule has 2 aliphatic rings. The average molecular weight is 497 g/mol. The lowest BCUT2D eigenvalue weighted by atomic mass is 10.0. The van der Waals surface area contributed by atoms with Gasteiger partial charge < -0.3 is 14.2 Å². The van der Waals surface area contributed by atoms with Gasteiger partial charge in [0.2, 0.25) is 5.43 Å². The van der Waals surface area contributed by atoms with Crippen molar-refractivity contribution < 1.29 is 13.9 Å². The van der Waals surface area contributed by atoms with E-state index in [0.717, 1.165) is 32.1 Å². The molecule has 5 nitrogen and oxygen atoms in total. The zero-order valence-electron chi connectivity index (χ0n) is 20.0. The molecule has 7 heteroatoms. The van der Waals surface area contributed by atoms with Crippen molar-refractivity contribution in [3.63, 3.8) is 0 Å². The summed E-state index contributed by atoms with van der Waals surface area (Å²) in [5, 5.41) is 0.311. The molecule has 1 aliphatic heterocycles. The highest BCUT2D eigenvalue weighted by Crippen LogP contribution is 2.42. The van der Waals surface area contributed by atoms with Crippen LogP contribution >= 0.6 is 11.6 Å². The van der Waals surface area contributed by atoms with Crippen LogP contribution in [-0.4, -0.2) is 30.2 Å². The third kappa shape index (κ3) is 5.34. The number of rotatable bonds is 7. The maximum absolute atomic E-state index is 15.5.